The molecule has 4 nitrogen and oxygen atoms in total. The van der Waals surface area contributed by atoms with E-state index in [1.54, 1.807) is 4.90 Å². The van der Waals surface area contributed by atoms with Crippen molar-refractivity contribution in [1.29, 1.82) is 0 Å². The molecule has 0 aromatic heterocycles. The molecule has 1 aliphatic rings. The van der Waals surface area contributed by atoms with E-state index in [0.717, 1.165) is 19.4 Å². The van der Waals surface area contributed by atoms with E-state index in [1.807, 2.05) is 27.8 Å². The molecule has 4 heteroatoms. The lowest BCUT2D eigenvalue weighted by molar-refractivity contribution is -0.130. The minimum absolute atomic E-state index is 0.0246. The number of aliphatic hydroxyl groups is 1. The topological polar surface area (TPSA) is 52.6 Å². The molecule has 0 saturated heterocycles. The van der Waals surface area contributed by atoms with Crippen LogP contribution in [0.3, 0.4) is 0 Å². The molecule has 94 valence electrons. The van der Waals surface area contributed by atoms with Crippen LogP contribution in [0.1, 0.15) is 33.6 Å². The van der Waals surface area contributed by atoms with E-state index in [1.165, 1.54) is 0 Å². The third-order valence-electron chi connectivity index (χ3n) is 2.94. The Hall–Kier alpha value is -0.610. The van der Waals surface area contributed by atoms with E-state index in [2.05, 4.69) is 5.32 Å². The molecular weight excluding hydrogens is 204 g/mol. The highest BCUT2D eigenvalue weighted by atomic mass is 16.3. The number of rotatable bonds is 4. The highest BCUT2D eigenvalue weighted by Crippen LogP contribution is 2.27. The second-order valence-corrected chi connectivity index (χ2v) is 5.87. The summed E-state index contributed by atoms with van der Waals surface area (Å²) in [7, 11) is 1.83. The standard InChI is InChI=1S/C12H24N2O2/c1-12(2,3)13-7-11(16)14(4)8-9-5-10(15)6-9/h9-10,13,15H,5-8H2,1-4H3. The quantitative estimate of drug-likeness (QED) is 0.741. The van der Waals surface area contributed by atoms with Crippen molar-refractivity contribution >= 4 is 5.91 Å². The molecule has 1 aliphatic carbocycles. The Morgan fingerprint density at radius 1 is 1.44 bits per heavy atom. The maximum Gasteiger partial charge on any atom is 0.236 e. The Labute approximate surface area is 98.0 Å². The van der Waals surface area contributed by atoms with Gasteiger partial charge >= 0.3 is 0 Å². The first kappa shape index (κ1) is 13.5. The van der Waals surface area contributed by atoms with Gasteiger partial charge in [-0.1, -0.05) is 0 Å². The maximum absolute atomic E-state index is 11.7. The SMILES string of the molecule is CN(CC1CC(O)C1)C(=O)CNC(C)(C)C. The zero-order valence-corrected chi connectivity index (χ0v) is 10.8. The van der Waals surface area contributed by atoms with Crippen LogP contribution in [0.4, 0.5) is 0 Å². The Balaban J connectivity index is 2.20. The fourth-order valence-corrected chi connectivity index (χ4v) is 1.81. The van der Waals surface area contributed by atoms with Crippen LogP contribution in [0.25, 0.3) is 0 Å². The number of carbonyl (C=O) groups excluding carboxylic acids is 1. The monoisotopic (exact) mass is 228 g/mol. The van der Waals surface area contributed by atoms with Crippen LogP contribution in [-0.2, 0) is 4.79 Å². The van der Waals surface area contributed by atoms with E-state index in [-0.39, 0.29) is 17.6 Å². The summed E-state index contributed by atoms with van der Waals surface area (Å²) in [5, 5.41) is 12.3. The van der Waals surface area contributed by atoms with Crippen molar-refractivity contribution in [2.24, 2.45) is 5.92 Å². The molecule has 0 unspecified atom stereocenters. The predicted molar refractivity (Wildman–Crippen MR) is 64.1 cm³/mol. The lowest BCUT2D eigenvalue weighted by Crippen LogP contribution is -2.46. The summed E-state index contributed by atoms with van der Waals surface area (Å²) in [6, 6.07) is 0. The molecule has 0 heterocycles. The fraction of sp³-hybridized carbons (Fsp3) is 0.917. The van der Waals surface area contributed by atoms with Gasteiger partial charge in [-0.25, -0.2) is 0 Å². The highest BCUT2D eigenvalue weighted by molar-refractivity contribution is 5.78. The number of carbonyl (C=O) groups is 1. The number of nitrogens with one attached hydrogen (secondary N) is 1. The summed E-state index contributed by atoms with van der Waals surface area (Å²) in [6.45, 7) is 7.28. The third-order valence-corrected chi connectivity index (χ3v) is 2.94. The molecule has 0 aromatic rings. The normalized spacial score (nSPS) is 25.1. The van der Waals surface area contributed by atoms with Gasteiger partial charge < -0.3 is 15.3 Å². The first-order valence-electron chi connectivity index (χ1n) is 5.95. The van der Waals surface area contributed by atoms with Crippen LogP contribution in [0.15, 0.2) is 0 Å². The van der Waals surface area contributed by atoms with Crippen molar-refractivity contribution in [1.82, 2.24) is 10.2 Å². The van der Waals surface area contributed by atoms with Crippen LogP contribution in [0.5, 0.6) is 0 Å². The number of hydrogen-bond acceptors (Lipinski definition) is 3. The number of hydrogen-bond donors (Lipinski definition) is 2. The molecule has 1 fully saturated rings. The summed E-state index contributed by atoms with van der Waals surface area (Å²) in [5.41, 5.74) is -0.0246. The van der Waals surface area contributed by atoms with Gasteiger partial charge in [-0.3, -0.25) is 4.79 Å². The van der Waals surface area contributed by atoms with Gasteiger partial charge in [0.05, 0.1) is 12.6 Å². The molecule has 0 atom stereocenters. The first-order valence-corrected chi connectivity index (χ1v) is 5.95. The smallest absolute Gasteiger partial charge is 0.236 e. The van der Waals surface area contributed by atoms with Gasteiger partial charge in [0.1, 0.15) is 0 Å². The van der Waals surface area contributed by atoms with Gasteiger partial charge in [0.2, 0.25) is 5.91 Å². The molecule has 1 saturated carbocycles. The van der Waals surface area contributed by atoms with Crippen LogP contribution >= 0.6 is 0 Å². The van der Waals surface area contributed by atoms with Crippen LogP contribution < -0.4 is 5.32 Å². The summed E-state index contributed by atoms with van der Waals surface area (Å²) >= 11 is 0. The minimum atomic E-state index is -0.138. The number of aliphatic hydroxyl groups excluding tert-OH is 1. The number of amides is 1. The van der Waals surface area contributed by atoms with Crippen molar-refractivity contribution < 1.29 is 9.90 Å². The molecule has 0 aromatic carbocycles. The lowest BCUT2D eigenvalue weighted by Gasteiger charge is -2.34. The predicted octanol–water partition coefficient (Wildman–Crippen LogP) is 0.604. The molecule has 1 amide bonds. The molecule has 0 radical (unpaired) electrons. The average Bonchev–Trinajstić information content (AvgIpc) is 2.10. The van der Waals surface area contributed by atoms with E-state index >= 15 is 0 Å². The minimum Gasteiger partial charge on any atom is -0.393 e. The van der Waals surface area contributed by atoms with E-state index in [4.69, 9.17) is 5.11 Å². The second-order valence-electron chi connectivity index (χ2n) is 5.87. The van der Waals surface area contributed by atoms with Gasteiger partial charge in [0.15, 0.2) is 0 Å². The third kappa shape index (κ3) is 4.49. The zero-order chi connectivity index (χ0) is 12.3. The first-order chi connectivity index (χ1) is 7.28. The maximum atomic E-state index is 11.7. The molecule has 1 rings (SSSR count). The van der Waals surface area contributed by atoms with Crippen molar-refractivity contribution in [3.63, 3.8) is 0 Å². The van der Waals surface area contributed by atoms with Crippen LogP contribution in [0.2, 0.25) is 0 Å². The molecule has 2 N–H and O–H groups in total. The average molecular weight is 228 g/mol. The van der Waals surface area contributed by atoms with Gasteiger partial charge in [0, 0.05) is 19.1 Å². The number of nitrogens with zero attached hydrogens (tertiary/aromatic N) is 1. The second kappa shape index (κ2) is 5.15. The highest BCUT2D eigenvalue weighted by Gasteiger charge is 2.29. The zero-order valence-electron chi connectivity index (χ0n) is 10.8. The van der Waals surface area contributed by atoms with Crippen LogP contribution in [0, 0.1) is 5.92 Å². The largest absolute Gasteiger partial charge is 0.393 e. The molecule has 0 spiro atoms. The van der Waals surface area contributed by atoms with E-state index < -0.39 is 0 Å². The summed E-state index contributed by atoms with van der Waals surface area (Å²) in [6.07, 6.45) is 1.54. The molecule has 0 bridgehead atoms. The van der Waals surface area contributed by atoms with Gasteiger partial charge in [-0.15, -0.1) is 0 Å². The van der Waals surface area contributed by atoms with E-state index in [9.17, 15) is 4.79 Å². The molecule has 0 aliphatic heterocycles. The fourth-order valence-electron chi connectivity index (χ4n) is 1.81. The van der Waals surface area contributed by atoms with Crippen molar-refractivity contribution in [3.8, 4) is 0 Å². The van der Waals surface area contributed by atoms with Gasteiger partial charge in [0.25, 0.3) is 0 Å². The summed E-state index contributed by atoms with van der Waals surface area (Å²) < 4.78 is 0. The number of likely N-dealkylation sites (N-methyl/N-ethyl adjacent to an activating group) is 1. The van der Waals surface area contributed by atoms with E-state index in [0.29, 0.717) is 12.5 Å². The molecular formula is C12H24N2O2. The summed E-state index contributed by atoms with van der Waals surface area (Å²) in [5.74, 6) is 0.606. The Kier molecular flexibility index (Phi) is 4.33. The molecule has 16 heavy (non-hydrogen) atoms. The Bertz CT molecular complexity index is 242. The van der Waals surface area contributed by atoms with Gasteiger partial charge in [-0.05, 0) is 39.5 Å². The lowest BCUT2D eigenvalue weighted by atomic mass is 9.82. The Morgan fingerprint density at radius 3 is 2.44 bits per heavy atom. The Morgan fingerprint density at radius 2 is 2.00 bits per heavy atom. The summed E-state index contributed by atoms with van der Waals surface area (Å²) in [4.78, 5) is 13.5. The van der Waals surface area contributed by atoms with Crippen molar-refractivity contribution in [2.45, 2.75) is 45.3 Å². The van der Waals surface area contributed by atoms with Crippen molar-refractivity contribution in [2.75, 3.05) is 20.1 Å². The van der Waals surface area contributed by atoms with Gasteiger partial charge in [-0.2, -0.15) is 0 Å². The van der Waals surface area contributed by atoms with Crippen molar-refractivity contribution in [3.05, 3.63) is 0 Å². The van der Waals surface area contributed by atoms with Crippen LogP contribution in [-0.4, -0.2) is 47.7 Å².